The zero-order chi connectivity index (χ0) is 25.9. The van der Waals surface area contributed by atoms with Crippen molar-refractivity contribution >= 4 is 49.8 Å². The second-order valence-electron chi connectivity index (χ2n) is 8.72. The minimum absolute atomic E-state index is 0.0210. The maximum Gasteiger partial charge on any atom is 0.337 e. The Kier molecular flexibility index (Phi) is 7.03. The van der Waals surface area contributed by atoms with E-state index in [-0.39, 0.29) is 5.88 Å². The standard InChI is InChI=1S/C29H28N4O3S/c1-4-33(5-2)16-18-6-10-21(11-7-18)31-27(19-9-13-25-24(14-19)30-17-37-25)26-22-12-8-20(29(35)36-3)15-23(22)32-28(26)34/h6-15,17,32,34H,4-5,16H2,1-3H3. The number of ether oxygens (including phenoxy) is 1. The van der Waals surface area contributed by atoms with Crippen molar-refractivity contribution in [2.45, 2.75) is 20.4 Å². The Balaban J connectivity index is 1.63. The zero-order valence-corrected chi connectivity index (χ0v) is 21.8. The van der Waals surface area contributed by atoms with Crippen LogP contribution < -0.4 is 0 Å². The van der Waals surface area contributed by atoms with Crippen LogP contribution in [0.1, 0.15) is 40.9 Å². The van der Waals surface area contributed by atoms with Crippen LogP contribution in [0.5, 0.6) is 5.88 Å². The number of nitrogens with one attached hydrogen (secondary N) is 1. The lowest BCUT2D eigenvalue weighted by molar-refractivity contribution is 0.0601. The van der Waals surface area contributed by atoms with Crippen LogP contribution in [0.3, 0.4) is 0 Å². The van der Waals surface area contributed by atoms with Gasteiger partial charge in [-0.3, -0.25) is 4.90 Å². The molecule has 0 spiro atoms. The number of nitrogens with zero attached hydrogens (tertiary/aromatic N) is 3. The fourth-order valence-corrected chi connectivity index (χ4v) is 5.11. The summed E-state index contributed by atoms with van der Waals surface area (Å²) in [5.74, 6) is -0.461. The van der Waals surface area contributed by atoms with Gasteiger partial charge in [0.25, 0.3) is 0 Å². The number of hydrogen-bond acceptors (Lipinski definition) is 7. The molecule has 2 N–H and O–H groups in total. The van der Waals surface area contributed by atoms with E-state index in [1.165, 1.54) is 12.7 Å². The molecule has 7 nitrogen and oxygen atoms in total. The molecule has 0 aliphatic heterocycles. The van der Waals surface area contributed by atoms with Gasteiger partial charge in [0.15, 0.2) is 5.88 Å². The lowest BCUT2D eigenvalue weighted by Crippen LogP contribution is -2.21. The van der Waals surface area contributed by atoms with Crippen LogP contribution in [0, 0.1) is 0 Å². The van der Waals surface area contributed by atoms with Gasteiger partial charge in [0.05, 0.1) is 45.4 Å². The first-order chi connectivity index (χ1) is 18.0. The smallest absolute Gasteiger partial charge is 0.337 e. The third-order valence-electron chi connectivity index (χ3n) is 6.52. The predicted octanol–water partition coefficient (Wildman–Crippen LogP) is 6.28. The fraction of sp³-hybridized carbons (Fsp3) is 0.207. The largest absolute Gasteiger partial charge is 0.494 e. The molecule has 5 aromatic rings. The molecular weight excluding hydrogens is 484 g/mol. The SMILES string of the molecule is CCN(CC)Cc1ccc(N=C(c2ccc3scnc3c2)c2c(O)[nH]c3cc(C(=O)OC)ccc23)cc1. The maximum absolute atomic E-state index is 12.0. The molecule has 5 rings (SSSR count). The average Bonchev–Trinajstić information content (AvgIpc) is 3.53. The van der Waals surface area contributed by atoms with Crippen LogP contribution in [-0.2, 0) is 11.3 Å². The highest BCUT2D eigenvalue weighted by Crippen LogP contribution is 2.33. The van der Waals surface area contributed by atoms with E-state index >= 15 is 0 Å². The van der Waals surface area contributed by atoms with Crippen LogP contribution in [0.25, 0.3) is 21.1 Å². The number of hydrogen-bond donors (Lipinski definition) is 2. The van der Waals surface area contributed by atoms with Gasteiger partial charge in [-0.15, -0.1) is 11.3 Å². The van der Waals surface area contributed by atoms with Crippen LogP contribution >= 0.6 is 11.3 Å². The van der Waals surface area contributed by atoms with Gasteiger partial charge in [-0.1, -0.05) is 38.1 Å². The van der Waals surface area contributed by atoms with Crippen LogP contribution in [0.2, 0.25) is 0 Å². The Morgan fingerprint density at radius 1 is 1.05 bits per heavy atom. The monoisotopic (exact) mass is 512 g/mol. The summed E-state index contributed by atoms with van der Waals surface area (Å²) in [5.41, 5.74) is 7.71. The number of methoxy groups -OCH3 is 1. The highest BCUT2D eigenvalue weighted by molar-refractivity contribution is 7.16. The number of aromatic amines is 1. The van der Waals surface area contributed by atoms with E-state index in [2.05, 4.69) is 40.8 Å². The van der Waals surface area contributed by atoms with Crippen molar-refractivity contribution in [1.29, 1.82) is 0 Å². The quantitative estimate of drug-likeness (QED) is 0.189. The Morgan fingerprint density at radius 3 is 2.54 bits per heavy atom. The first-order valence-electron chi connectivity index (χ1n) is 12.2. The number of fused-ring (bicyclic) bond motifs is 2. The van der Waals surface area contributed by atoms with Gasteiger partial charge in [-0.2, -0.15) is 0 Å². The second-order valence-corrected chi connectivity index (χ2v) is 9.61. The second kappa shape index (κ2) is 10.5. The number of aromatic hydroxyl groups is 1. The minimum atomic E-state index is -0.440. The summed E-state index contributed by atoms with van der Waals surface area (Å²) in [4.78, 5) is 26.9. The fourth-order valence-electron chi connectivity index (χ4n) is 4.45. The summed E-state index contributed by atoms with van der Waals surface area (Å²) in [5, 5.41) is 11.8. The van der Waals surface area contributed by atoms with Gasteiger partial charge in [-0.25, -0.2) is 14.8 Å². The molecule has 0 amide bonds. The van der Waals surface area contributed by atoms with Gasteiger partial charge >= 0.3 is 5.97 Å². The van der Waals surface area contributed by atoms with Crippen molar-refractivity contribution in [3.63, 3.8) is 0 Å². The van der Waals surface area contributed by atoms with E-state index in [9.17, 15) is 9.90 Å². The Labute approximate surface area is 219 Å². The molecule has 0 atom stereocenters. The molecule has 0 aliphatic rings. The zero-order valence-electron chi connectivity index (χ0n) is 21.0. The van der Waals surface area contributed by atoms with Crippen molar-refractivity contribution in [2.24, 2.45) is 4.99 Å². The van der Waals surface area contributed by atoms with Gasteiger partial charge in [0.2, 0.25) is 0 Å². The lowest BCUT2D eigenvalue weighted by Gasteiger charge is -2.17. The first kappa shape index (κ1) is 24.7. The maximum atomic E-state index is 12.0. The Morgan fingerprint density at radius 2 is 1.81 bits per heavy atom. The van der Waals surface area contributed by atoms with Crippen molar-refractivity contribution in [3.8, 4) is 5.88 Å². The summed E-state index contributed by atoms with van der Waals surface area (Å²) < 4.78 is 5.93. The Bertz CT molecular complexity index is 1600. The van der Waals surface area contributed by atoms with E-state index in [0.29, 0.717) is 22.4 Å². The molecule has 0 saturated heterocycles. The molecule has 0 radical (unpaired) electrons. The molecule has 0 saturated carbocycles. The molecule has 0 aliphatic carbocycles. The van der Waals surface area contributed by atoms with Gasteiger partial charge in [-0.05, 0) is 55.1 Å². The van der Waals surface area contributed by atoms with Crippen molar-refractivity contribution in [3.05, 3.63) is 88.4 Å². The van der Waals surface area contributed by atoms with Crippen LogP contribution in [-0.4, -0.2) is 51.9 Å². The third-order valence-corrected chi connectivity index (χ3v) is 7.33. The number of aliphatic imine (C=N–C) groups is 1. The molecule has 2 aromatic heterocycles. The normalized spacial score (nSPS) is 12.1. The van der Waals surface area contributed by atoms with Crippen molar-refractivity contribution in [2.75, 3.05) is 20.2 Å². The first-order valence-corrected chi connectivity index (χ1v) is 13.1. The number of benzene rings is 3. The summed E-state index contributed by atoms with van der Waals surface area (Å²) in [6, 6.07) is 19.4. The number of rotatable bonds is 8. The molecule has 0 unspecified atom stereocenters. The van der Waals surface area contributed by atoms with E-state index in [4.69, 9.17) is 9.73 Å². The molecule has 0 bridgehead atoms. The van der Waals surface area contributed by atoms with Gasteiger partial charge < -0.3 is 14.8 Å². The van der Waals surface area contributed by atoms with Crippen molar-refractivity contribution in [1.82, 2.24) is 14.9 Å². The predicted molar refractivity (Wildman–Crippen MR) is 149 cm³/mol. The minimum Gasteiger partial charge on any atom is -0.494 e. The number of esters is 1. The van der Waals surface area contributed by atoms with E-state index in [1.54, 1.807) is 29.5 Å². The number of thiazole rings is 1. The Hall–Kier alpha value is -4.01. The van der Waals surface area contributed by atoms with E-state index < -0.39 is 5.97 Å². The van der Waals surface area contributed by atoms with Crippen LogP contribution in [0.4, 0.5) is 5.69 Å². The highest BCUT2D eigenvalue weighted by Gasteiger charge is 2.20. The highest BCUT2D eigenvalue weighted by atomic mass is 32.1. The summed E-state index contributed by atoms with van der Waals surface area (Å²) in [6.45, 7) is 7.20. The number of carbonyl (C=O) groups is 1. The molecule has 188 valence electrons. The summed E-state index contributed by atoms with van der Waals surface area (Å²) >= 11 is 1.58. The van der Waals surface area contributed by atoms with E-state index in [1.807, 2.05) is 35.8 Å². The molecule has 37 heavy (non-hydrogen) atoms. The van der Waals surface area contributed by atoms with Gasteiger partial charge in [0, 0.05) is 23.0 Å². The number of H-pyrrole nitrogens is 1. The summed E-state index contributed by atoms with van der Waals surface area (Å²) in [6.07, 6.45) is 0. The third kappa shape index (κ3) is 4.98. The van der Waals surface area contributed by atoms with E-state index in [0.717, 1.165) is 46.5 Å². The van der Waals surface area contributed by atoms with Crippen LogP contribution in [0.15, 0.2) is 71.2 Å². The lowest BCUT2D eigenvalue weighted by atomic mass is 9.99. The van der Waals surface area contributed by atoms with Crippen molar-refractivity contribution < 1.29 is 14.6 Å². The molecule has 2 heterocycles. The summed E-state index contributed by atoms with van der Waals surface area (Å²) in [7, 11) is 1.34. The average molecular weight is 513 g/mol. The number of carbonyl (C=O) groups excluding carboxylic acids is 1. The van der Waals surface area contributed by atoms with Gasteiger partial charge in [0.1, 0.15) is 0 Å². The molecule has 0 fully saturated rings. The molecule has 8 heteroatoms. The molecular formula is C29H28N4O3S. The molecule has 3 aromatic carbocycles. The number of aromatic nitrogens is 2. The topological polar surface area (TPSA) is 90.8 Å².